The van der Waals surface area contributed by atoms with Gasteiger partial charge in [0.1, 0.15) is 17.7 Å². The lowest BCUT2D eigenvalue weighted by Gasteiger charge is -2.46. The van der Waals surface area contributed by atoms with E-state index in [0.717, 1.165) is 55.0 Å². The summed E-state index contributed by atoms with van der Waals surface area (Å²) in [6.07, 6.45) is 8.41. The number of likely N-dealkylation sites (tertiary alicyclic amines) is 1. The fourth-order valence-electron chi connectivity index (χ4n) is 5.42. The Morgan fingerprint density at radius 1 is 1.12 bits per heavy atom. The van der Waals surface area contributed by atoms with Crippen LogP contribution in [0.1, 0.15) is 64.5 Å². The highest BCUT2D eigenvalue weighted by Crippen LogP contribution is 2.49. The van der Waals surface area contributed by atoms with Crippen molar-refractivity contribution in [3.63, 3.8) is 0 Å². The third-order valence-corrected chi connectivity index (χ3v) is 8.03. The number of aryl methyl sites for hydroxylation is 3. The molecule has 7 heteroatoms. The first-order valence-corrected chi connectivity index (χ1v) is 12.0. The number of nitrogens with zero attached hydrogens (tertiary/aromatic N) is 6. The van der Waals surface area contributed by atoms with Crippen molar-refractivity contribution in [1.82, 2.24) is 29.4 Å². The van der Waals surface area contributed by atoms with Crippen LogP contribution in [-0.4, -0.2) is 54.7 Å². The van der Waals surface area contributed by atoms with E-state index in [1.54, 1.807) is 6.33 Å². The number of fused-ring (bicyclic) bond motifs is 1. The second-order valence-corrected chi connectivity index (χ2v) is 10.5. The molecule has 0 unspecified atom stereocenters. The van der Waals surface area contributed by atoms with E-state index in [2.05, 4.69) is 78.2 Å². The van der Waals surface area contributed by atoms with Crippen LogP contribution in [0.4, 0.5) is 0 Å². The lowest BCUT2D eigenvalue weighted by atomic mass is 9.69. The Hall–Kier alpha value is -2.38. The van der Waals surface area contributed by atoms with Gasteiger partial charge in [-0.3, -0.25) is 9.88 Å². The Kier molecular flexibility index (Phi) is 6.31. The number of rotatable bonds is 8. The summed E-state index contributed by atoms with van der Waals surface area (Å²) in [7, 11) is 2.06. The minimum absolute atomic E-state index is 0.0161. The van der Waals surface area contributed by atoms with E-state index >= 15 is 0 Å². The third-order valence-electron chi connectivity index (χ3n) is 8.03. The van der Waals surface area contributed by atoms with Gasteiger partial charge >= 0.3 is 0 Å². The lowest BCUT2D eigenvalue weighted by molar-refractivity contribution is -0.110. The number of hydrogen-bond acceptors (Lipinski definition) is 6. The van der Waals surface area contributed by atoms with Crippen LogP contribution in [0.25, 0.3) is 11.2 Å². The fourth-order valence-corrected chi connectivity index (χ4v) is 5.42. The first-order chi connectivity index (χ1) is 15.6. The van der Waals surface area contributed by atoms with E-state index in [9.17, 15) is 0 Å². The molecule has 4 heterocycles. The molecule has 0 spiro atoms. The molecule has 1 atom stereocenters. The summed E-state index contributed by atoms with van der Waals surface area (Å²) in [5.74, 6) is 1.05. The maximum atomic E-state index is 6.39. The highest BCUT2D eigenvalue weighted by molar-refractivity contribution is 5.69. The van der Waals surface area contributed by atoms with E-state index in [0.29, 0.717) is 6.61 Å². The molecule has 178 valence electrons. The van der Waals surface area contributed by atoms with Gasteiger partial charge in [0, 0.05) is 49.5 Å². The monoisotopic (exact) mass is 450 g/mol. The van der Waals surface area contributed by atoms with Gasteiger partial charge in [-0.15, -0.1) is 0 Å². The highest BCUT2D eigenvalue weighted by atomic mass is 16.5. The Morgan fingerprint density at radius 2 is 1.91 bits per heavy atom. The quantitative estimate of drug-likeness (QED) is 0.505. The average Bonchev–Trinajstić information content (AvgIpc) is 3.36. The van der Waals surface area contributed by atoms with Crippen LogP contribution in [0.2, 0.25) is 0 Å². The smallest absolute Gasteiger partial charge is 0.180 e. The molecule has 7 nitrogen and oxygen atoms in total. The molecule has 4 rings (SSSR count). The van der Waals surface area contributed by atoms with Gasteiger partial charge in [0.15, 0.2) is 5.65 Å². The van der Waals surface area contributed by atoms with Crippen LogP contribution in [-0.2, 0) is 23.7 Å². The second-order valence-electron chi connectivity index (χ2n) is 10.5. The molecule has 0 N–H and O–H groups in total. The molecule has 3 aromatic heterocycles. The molecular formula is C26H38N6O. The Balaban J connectivity index is 1.61. The highest BCUT2D eigenvalue weighted by Gasteiger charge is 2.52. The predicted octanol–water partition coefficient (Wildman–Crippen LogP) is 4.44. The summed E-state index contributed by atoms with van der Waals surface area (Å²) in [6, 6.07) is 4.33. The molecule has 1 aliphatic heterocycles. The first-order valence-electron chi connectivity index (χ1n) is 12.0. The summed E-state index contributed by atoms with van der Waals surface area (Å²) in [5, 5.41) is 0. The SMILES string of the molecule is CCOC(C)(C)[C@@]1(CCc2nc3ncncc3n2C)CCN(C(C)(C)c2ccc(C)nc2)C1. The van der Waals surface area contributed by atoms with E-state index < -0.39 is 0 Å². The van der Waals surface area contributed by atoms with E-state index in [1.807, 2.05) is 19.3 Å². The molecule has 0 aromatic carbocycles. The maximum absolute atomic E-state index is 6.39. The van der Waals surface area contributed by atoms with Gasteiger partial charge in [-0.1, -0.05) is 6.07 Å². The van der Waals surface area contributed by atoms with Crippen molar-refractivity contribution in [2.75, 3.05) is 19.7 Å². The summed E-state index contributed by atoms with van der Waals surface area (Å²) >= 11 is 0. The summed E-state index contributed by atoms with van der Waals surface area (Å²) < 4.78 is 8.52. The van der Waals surface area contributed by atoms with Gasteiger partial charge < -0.3 is 9.30 Å². The van der Waals surface area contributed by atoms with E-state index in [4.69, 9.17) is 9.72 Å². The Bertz CT molecular complexity index is 1100. The zero-order valence-electron chi connectivity index (χ0n) is 21.2. The van der Waals surface area contributed by atoms with Gasteiger partial charge in [0.25, 0.3) is 0 Å². The molecule has 1 aliphatic rings. The van der Waals surface area contributed by atoms with E-state index in [-0.39, 0.29) is 16.6 Å². The van der Waals surface area contributed by atoms with Gasteiger partial charge in [-0.25, -0.2) is 15.0 Å². The Labute approximate surface area is 197 Å². The molecular weight excluding hydrogens is 412 g/mol. The van der Waals surface area contributed by atoms with Crippen LogP contribution < -0.4 is 0 Å². The number of ether oxygens (including phenoxy) is 1. The van der Waals surface area contributed by atoms with Gasteiger partial charge in [0.2, 0.25) is 0 Å². The number of hydrogen-bond donors (Lipinski definition) is 0. The Morgan fingerprint density at radius 3 is 2.58 bits per heavy atom. The molecule has 0 saturated carbocycles. The molecule has 0 bridgehead atoms. The first kappa shape index (κ1) is 23.8. The molecule has 33 heavy (non-hydrogen) atoms. The number of imidazole rings is 1. The minimum Gasteiger partial charge on any atom is -0.375 e. The number of pyridine rings is 1. The predicted molar refractivity (Wildman–Crippen MR) is 131 cm³/mol. The van der Waals surface area contributed by atoms with Crippen LogP contribution >= 0.6 is 0 Å². The standard InChI is InChI=1S/C26H38N6O/c1-8-33-25(5,6)26(12-11-22-30-23-21(31(22)7)16-27-18-29-23)13-14-32(17-26)24(3,4)20-10-9-19(2)28-15-20/h9-10,15-16,18H,8,11-14,17H2,1-7H3/t26-/m0/s1. The summed E-state index contributed by atoms with van der Waals surface area (Å²) in [5.41, 5.74) is 3.72. The van der Waals surface area contributed by atoms with Crippen molar-refractivity contribution in [3.8, 4) is 0 Å². The molecule has 1 fully saturated rings. The fraction of sp³-hybridized carbons (Fsp3) is 0.615. The van der Waals surface area contributed by atoms with Gasteiger partial charge in [0.05, 0.1) is 11.8 Å². The average molecular weight is 451 g/mol. The van der Waals surface area contributed by atoms with Crippen molar-refractivity contribution in [3.05, 3.63) is 47.9 Å². The third kappa shape index (κ3) is 4.28. The molecule has 3 aromatic rings. The molecule has 0 aliphatic carbocycles. The van der Waals surface area contributed by atoms with Crippen molar-refractivity contribution in [1.29, 1.82) is 0 Å². The minimum atomic E-state index is -0.248. The second kappa shape index (κ2) is 8.76. The normalized spacial score (nSPS) is 20.1. The van der Waals surface area contributed by atoms with Crippen LogP contribution in [0.5, 0.6) is 0 Å². The largest absolute Gasteiger partial charge is 0.375 e. The van der Waals surface area contributed by atoms with Crippen molar-refractivity contribution >= 4 is 11.2 Å². The lowest BCUT2D eigenvalue weighted by Crippen LogP contribution is -2.50. The van der Waals surface area contributed by atoms with Crippen molar-refractivity contribution < 1.29 is 4.74 Å². The molecule has 0 radical (unpaired) electrons. The number of aromatic nitrogens is 5. The van der Waals surface area contributed by atoms with Gasteiger partial charge in [-0.05, 0) is 72.6 Å². The van der Waals surface area contributed by atoms with Crippen molar-refractivity contribution in [2.45, 2.75) is 71.9 Å². The summed E-state index contributed by atoms with van der Waals surface area (Å²) in [6.45, 7) is 16.0. The zero-order valence-corrected chi connectivity index (χ0v) is 21.2. The maximum Gasteiger partial charge on any atom is 0.180 e. The van der Waals surface area contributed by atoms with Crippen molar-refractivity contribution in [2.24, 2.45) is 12.5 Å². The zero-order chi connectivity index (χ0) is 23.9. The van der Waals surface area contributed by atoms with E-state index in [1.165, 1.54) is 5.56 Å². The van der Waals surface area contributed by atoms with Crippen LogP contribution in [0.3, 0.4) is 0 Å². The van der Waals surface area contributed by atoms with Gasteiger partial charge in [-0.2, -0.15) is 0 Å². The van der Waals surface area contributed by atoms with Crippen LogP contribution in [0.15, 0.2) is 30.9 Å². The topological polar surface area (TPSA) is 69.0 Å². The van der Waals surface area contributed by atoms with Crippen LogP contribution in [0, 0.1) is 12.3 Å². The summed E-state index contributed by atoms with van der Waals surface area (Å²) in [4.78, 5) is 20.5. The molecule has 0 amide bonds. The molecule has 1 saturated heterocycles.